The van der Waals surface area contributed by atoms with Crippen LogP contribution in [0.1, 0.15) is 48.5 Å². The van der Waals surface area contributed by atoms with Gasteiger partial charge < -0.3 is 14.8 Å². The van der Waals surface area contributed by atoms with Crippen molar-refractivity contribution in [2.24, 2.45) is 5.92 Å². The Hall–Kier alpha value is -2.34. The highest BCUT2D eigenvalue weighted by Gasteiger charge is 2.13. The Labute approximate surface area is 158 Å². The van der Waals surface area contributed by atoms with Crippen LogP contribution in [0.4, 0.5) is 0 Å². The molecule has 0 aliphatic heterocycles. The van der Waals surface area contributed by atoms with Crippen molar-refractivity contribution in [1.29, 1.82) is 0 Å². The van der Waals surface area contributed by atoms with E-state index in [4.69, 9.17) is 9.47 Å². The van der Waals surface area contributed by atoms with E-state index >= 15 is 0 Å². The molecule has 1 unspecified atom stereocenters. The molecule has 0 spiro atoms. The summed E-state index contributed by atoms with van der Waals surface area (Å²) in [6, 6.07) is 10.5. The van der Waals surface area contributed by atoms with Gasteiger partial charge in [0.2, 0.25) is 0 Å². The standard InChI is InChI=1S/C20H25NO4S/c1-14(2)10-11-24-17-8-6-16(7-9-17)20(23)25-13-19(22)21-15(3)18-5-4-12-26-18/h4-9,12,14-15H,10-11,13H2,1-3H3,(H,21,22). The van der Waals surface area contributed by atoms with Crippen molar-refractivity contribution in [2.75, 3.05) is 13.2 Å². The Bertz CT molecular complexity index is 695. The third kappa shape index (κ3) is 6.52. The molecule has 0 aliphatic carbocycles. The van der Waals surface area contributed by atoms with Crippen LogP contribution in [0.5, 0.6) is 5.75 Å². The van der Waals surface area contributed by atoms with Crippen LogP contribution in [-0.4, -0.2) is 25.1 Å². The molecule has 1 heterocycles. The van der Waals surface area contributed by atoms with Crippen LogP contribution in [-0.2, 0) is 9.53 Å². The number of carbonyl (C=O) groups excluding carboxylic acids is 2. The summed E-state index contributed by atoms with van der Waals surface area (Å²) in [5, 5.41) is 4.76. The summed E-state index contributed by atoms with van der Waals surface area (Å²) < 4.78 is 10.7. The number of esters is 1. The van der Waals surface area contributed by atoms with Crippen molar-refractivity contribution < 1.29 is 19.1 Å². The molecule has 0 aliphatic rings. The van der Waals surface area contributed by atoms with E-state index in [-0.39, 0.29) is 18.6 Å². The normalized spacial score (nSPS) is 11.8. The number of rotatable bonds is 9. The summed E-state index contributed by atoms with van der Waals surface area (Å²) in [6.07, 6.45) is 0.975. The van der Waals surface area contributed by atoms with Gasteiger partial charge in [0, 0.05) is 4.88 Å². The van der Waals surface area contributed by atoms with Gasteiger partial charge >= 0.3 is 5.97 Å². The smallest absolute Gasteiger partial charge is 0.338 e. The first-order chi connectivity index (χ1) is 12.5. The molecule has 6 heteroatoms. The van der Waals surface area contributed by atoms with Gasteiger partial charge in [-0.25, -0.2) is 4.79 Å². The van der Waals surface area contributed by atoms with Gasteiger partial charge in [-0.3, -0.25) is 4.79 Å². The number of thiophene rings is 1. The molecule has 140 valence electrons. The fourth-order valence-corrected chi connectivity index (χ4v) is 2.94. The summed E-state index contributed by atoms with van der Waals surface area (Å²) in [5.74, 6) is 0.438. The van der Waals surface area contributed by atoms with E-state index < -0.39 is 5.97 Å². The predicted molar refractivity (Wildman–Crippen MR) is 103 cm³/mol. The fourth-order valence-electron chi connectivity index (χ4n) is 2.21. The highest BCUT2D eigenvalue weighted by molar-refractivity contribution is 7.10. The van der Waals surface area contributed by atoms with Gasteiger partial charge in [-0.2, -0.15) is 0 Å². The average molecular weight is 375 g/mol. The molecule has 5 nitrogen and oxygen atoms in total. The van der Waals surface area contributed by atoms with Gasteiger partial charge in [0.15, 0.2) is 6.61 Å². The largest absolute Gasteiger partial charge is 0.494 e. The van der Waals surface area contributed by atoms with Crippen LogP contribution in [0.2, 0.25) is 0 Å². The van der Waals surface area contributed by atoms with Crippen molar-refractivity contribution in [3.05, 3.63) is 52.2 Å². The van der Waals surface area contributed by atoms with Crippen LogP contribution >= 0.6 is 11.3 Å². The van der Waals surface area contributed by atoms with E-state index in [2.05, 4.69) is 19.2 Å². The van der Waals surface area contributed by atoms with Gasteiger partial charge in [0.25, 0.3) is 5.91 Å². The lowest BCUT2D eigenvalue weighted by Gasteiger charge is -2.12. The fraction of sp³-hybridized carbons (Fsp3) is 0.400. The maximum absolute atomic E-state index is 12.0. The first-order valence-corrected chi connectivity index (χ1v) is 9.56. The monoisotopic (exact) mass is 375 g/mol. The van der Waals surface area contributed by atoms with Crippen molar-refractivity contribution in [1.82, 2.24) is 5.32 Å². The van der Waals surface area contributed by atoms with Crippen molar-refractivity contribution in [3.8, 4) is 5.75 Å². The van der Waals surface area contributed by atoms with Crippen LogP contribution in [0.15, 0.2) is 41.8 Å². The van der Waals surface area contributed by atoms with Crippen molar-refractivity contribution in [3.63, 3.8) is 0 Å². The highest BCUT2D eigenvalue weighted by atomic mass is 32.1. The molecule has 1 N–H and O–H groups in total. The molecule has 1 atom stereocenters. The second kappa shape index (κ2) is 9.97. The maximum atomic E-state index is 12.0. The molecular formula is C20H25NO4S. The van der Waals surface area contributed by atoms with E-state index in [0.29, 0.717) is 23.8 Å². The van der Waals surface area contributed by atoms with Gasteiger partial charge in [0.05, 0.1) is 18.2 Å². The molecular weight excluding hydrogens is 350 g/mol. The lowest BCUT2D eigenvalue weighted by Crippen LogP contribution is -2.30. The van der Waals surface area contributed by atoms with E-state index in [9.17, 15) is 9.59 Å². The summed E-state index contributed by atoms with van der Waals surface area (Å²) in [7, 11) is 0. The van der Waals surface area contributed by atoms with E-state index in [0.717, 1.165) is 11.3 Å². The third-order valence-corrected chi connectivity index (χ3v) is 4.79. The first kappa shape index (κ1) is 20.0. The summed E-state index contributed by atoms with van der Waals surface area (Å²) in [5.41, 5.74) is 0.389. The molecule has 0 bridgehead atoms. The lowest BCUT2D eigenvalue weighted by atomic mass is 10.1. The number of carbonyl (C=O) groups is 2. The van der Waals surface area contributed by atoms with Crippen LogP contribution in [0.25, 0.3) is 0 Å². The zero-order valence-electron chi connectivity index (χ0n) is 15.4. The Kier molecular flexibility index (Phi) is 7.66. The minimum atomic E-state index is -0.530. The topological polar surface area (TPSA) is 64.6 Å². The third-order valence-electron chi connectivity index (χ3n) is 3.74. The second-order valence-corrected chi connectivity index (χ2v) is 7.42. The molecule has 26 heavy (non-hydrogen) atoms. The molecule has 1 amide bonds. The number of hydrogen-bond donors (Lipinski definition) is 1. The number of amides is 1. The van der Waals surface area contributed by atoms with E-state index in [1.165, 1.54) is 0 Å². The van der Waals surface area contributed by atoms with E-state index in [1.54, 1.807) is 35.6 Å². The van der Waals surface area contributed by atoms with Crippen LogP contribution < -0.4 is 10.1 Å². The quantitative estimate of drug-likeness (QED) is 0.667. The van der Waals surface area contributed by atoms with E-state index in [1.807, 2.05) is 24.4 Å². The first-order valence-electron chi connectivity index (χ1n) is 8.68. The molecule has 2 rings (SSSR count). The second-order valence-electron chi connectivity index (χ2n) is 6.44. The molecule has 1 aromatic heterocycles. The molecule has 0 radical (unpaired) electrons. The summed E-state index contributed by atoms with van der Waals surface area (Å²) in [6.45, 7) is 6.51. The van der Waals surface area contributed by atoms with Gasteiger partial charge in [-0.05, 0) is 55.0 Å². The highest BCUT2D eigenvalue weighted by Crippen LogP contribution is 2.18. The molecule has 0 saturated heterocycles. The van der Waals surface area contributed by atoms with Gasteiger partial charge in [-0.15, -0.1) is 11.3 Å². The van der Waals surface area contributed by atoms with Crippen molar-refractivity contribution in [2.45, 2.75) is 33.2 Å². The SMILES string of the molecule is CC(C)CCOc1ccc(C(=O)OCC(=O)NC(C)c2cccs2)cc1. The summed E-state index contributed by atoms with van der Waals surface area (Å²) in [4.78, 5) is 25.0. The van der Waals surface area contributed by atoms with Crippen LogP contribution in [0.3, 0.4) is 0 Å². The number of benzene rings is 1. The number of hydrogen-bond acceptors (Lipinski definition) is 5. The zero-order valence-corrected chi connectivity index (χ0v) is 16.2. The summed E-state index contributed by atoms with van der Waals surface area (Å²) >= 11 is 1.57. The molecule has 0 saturated carbocycles. The average Bonchev–Trinajstić information content (AvgIpc) is 3.15. The Morgan fingerprint density at radius 2 is 1.85 bits per heavy atom. The number of ether oxygens (including phenoxy) is 2. The Morgan fingerprint density at radius 3 is 2.46 bits per heavy atom. The maximum Gasteiger partial charge on any atom is 0.338 e. The Balaban J connectivity index is 1.75. The number of nitrogens with one attached hydrogen (secondary N) is 1. The lowest BCUT2D eigenvalue weighted by molar-refractivity contribution is -0.124. The predicted octanol–water partition coefficient (Wildman–Crippen LogP) is 4.21. The van der Waals surface area contributed by atoms with Gasteiger partial charge in [0.1, 0.15) is 5.75 Å². The molecule has 1 aromatic carbocycles. The molecule has 0 fully saturated rings. The Morgan fingerprint density at radius 1 is 1.12 bits per heavy atom. The minimum Gasteiger partial charge on any atom is -0.494 e. The van der Waals surface area contributed by atoms with Gasteiger partial charge in [-0.1, -0.05) is 19.9 Å². The minimum absolute atomic E-state index is 0.108. The van der Waals surface area contributed by atoms with Crippen molar-refractivity contribution >= 4 is 23.2 Å². The molecule has 2 aromatic rings. The zero-order chi connectivity index (χ0) is 18.9. The van der Waals surface area contributed by atoms with Crippen LogP contribution in [0, 0.1) is 5.92 Å².